The Morgan fingerprint density at radius 3 is 2.48 bits per heavy atom. The predicted molar refractivity (Wildman–Crippen MR) is 84.7 cm³/mol. The zero-order valence-electron chi connectivity index (χ0n) is 12.5. The Morgan fingerprint density at radius 2 is 1.87 bits per heavy atom. The van der Waals surface area contributed by atoms with Crippen LogP contribution in [0, 0.1) is 0 Å². The van der Waals surface area contributed by atoms with Crippen molar-refractivity contribution < 1.29 is 9.53 Å². The minimum atomic E-state index is -0.202. The monoisotopic (exact) mass is 309 g/mol. The predicted octanol–water partition coefficient (Wildman–Crippen LogP) is 2.31. The van der Waals surface area contributed by atoms with Gasteiger partial charge in [0, 0.05) is 5.56 Å². The molecule has 0 atom stereocenters. The van der Waals surface area contributed by atoms with Gasteiger partial charge in [0.2, 0.25) is 0 Å². The second kappa shape index (κ2) is 6.69. The van der Waals surface area contributed by atoms with Gasteiger partial charge in [-0.15, -0.1) is 10.2 Å². The van der Waals surface area contributed by atoms with E-state index in [4.69, 9.17) is 4.74 Å². The molecule has 3 rings (SSSR count). The molecule has 1 N–H and O–H groups in total. The van der Waals surface area contributed by atoms with Gasteiger partial charge < -0.3 is 10.1 Å². The Bertz CT molecular complexity index is 767. The van der Waals surface area contributed by atoms with Crippen LogP contribution in [-0.4, -0.2) is 32.3 Å². The summed E-state index contributed by atoms with van der Waals surface area (Å²) < 4.78 is 7.03. The van der Waals surface area contributed by atoms with Crippen LogP contribution < -0.4 is 10.1 Å². The molecule has 0 saturated carbocycles. The Kier molecular flexibility index (Phi) is 4.28. The zero-order valence-corrected chi connectivity index (χ0v) is 12.5. The fourth-order valence-electron chi connectivity index (χ4n) is 2.00. The first-order valence-corrected chi connectivity index (χ1v) is 7.11. The summed E-state index contributed by atoms with van der Waals surface area (Å²) in [4.78, 5) is 16.4. The molecule has 2 heterocycles. The number of carbonyl (C=O) groups is 1. The molecule has 7 nitrogen and oxygen atoms in total. The van der Waals surface area contributed by atoms with Gasteiger partial charge in [-0.25, -0.2) is 4.98 Å². The minimum Gasteiger partial charge on any atom is -0.494 e. The van der Waals surface area contributed by atoms with Crippen molar-refractivity contribution in [2.24, 2.45) is 0 Å². The van der Waals surface area contributed by atoms with Gasteiger partial charge in [0.05, 0.1) is 18.5 Å². The highest BCUT2D eigenvalue weighted by molar-refractivity contribution is 6.04. The van der Waals surface area contributed by atoms with Gasteiger partial charge in [-0.2, -0.15) is 0 Å². The van der Waals surface area contributed by atoms with Crippen LogP contribution in [0.25, 0.3) is 5.82 Å². The number of amides is 1. The number of rotatable bonds is 5. The number of pyridine rings is 1. The molecular formula is C16H15N5O2. The summed E-state index contributed by atoms with van der Waals surface area (Å²) in [6.07, 6.45) is 4.70. The molecule has 0 aliphatic carbocycles. The minimum absolute atomic E-state index is 0.202. The Balaban J connectivity index is 1.67. The van der Waals surface area contributed by atoms with E-state index in [1.54, 1.807) is 59.8 Å². The molecule has 23 heavy (non-hydrogen) atoms. The van der Waals surface area contributed by atoms with Crippen LogP contribution in [0.4, 0.5) is 5.69 Å². The maximum atomic E-state index is 12.2. The summed E-state index contributed by atoms with van der Waals surface area (Å²) in [6, 6.07) is 10.5. The number of hydrogen-bond acceptors (Lipinski definition) is 5. The molecule has 0 aliphatic rings. The molecule has 0 fully saturated rings. The van der Waals surface area contributed by atoms with Crippen LogP contribution in [0.5, 0.6) is 5.75 Å². The van der Waals surface area contributed by atoms with E-state index >= 15 is 0 Å². The summed E-state index contributed by atoms with van der Waals surface area (Å²) in [7, 11) is 0. The van der Waals surface area contributed by atoms with Gasteiger partial charge in [0.25, 0.3) is 5.91 Å². The lowest BCUT2D eigenvalue weighted by atomic mass is 10.2. The Hall–Kier alpha value is -3.22. The van der Waals surface area contributed by atoms with E-state index < -0.39 is 0 Å². The van der Waals surface area contributed by atoms with E-state index in [-0.39, 0.29) is 5.91 Å². The van der Waals surface area contributed by atoms with Crippen molar-refractivity contribution in [3.8, 4) is 11.6 Å². The molecule has 2 aromatic heterocycles. The molecule has 116 valence electrons. The number of hydrogen-bond donors (Lipinski definition) is 1. The Morgan fingerprint density at radius 1 is 1.13 bits per heavy atom. The highest BCUT2D eigenvalue weighted by Crippen LogP contribution is 2.14. The zero-order chi connectivity index (χ0) is 16.1. The summed E-state index contributed by atoms with van der Waals surface area (Å²) >= 11 is 0. The first-order chi connectivity index (χ1) is 11.3. The number of nitrogens with zero attached hydrogens (tertiary/aromatic N) is 4. The maximum Gasteiger partial charge on any atom is 0.255 e. The van der Waals surface area contributed by atoms with Crippen LogP contribution in [0.2, 0.25) is 0 Å². The third-order valence-electron chi connectivity index (χ3n) is 3.12. The fraction of sp³-hybridized carbons (Fsp3) is 0.125. The second-order valence-electron chi connectivity index (χ2n) is 4.69. The third kappa shape index (κ3) is 3.52. The van der Waals surface area contributed by atoms with E-state index in [2.05, 4.69) is 20.5 Å². The normalized spacial score (nSPS) is 10.3. The lowest BCUT2D eigenvalue weighted by Gasteiger charge is -2.07. The van der Waals surface area contributed by atoms with E-state index in [1.165, 1.54) is 0 Å². The molecular weight excluding hydrogens is 294 g/mol. The quantitative estimate of drug-likeness (QED) is 0.782. The average Bonchev–Trinajstić information content (AvgIpc) is 3.11. The topological polar surface area (TPSA) is 81.9 Å². The molecule has 0 aliphatic heterocycles. The molecule has 0 saturated heterocycles. The number of anilines is 1. The highest BCUT2D eigenvalue weighted by atomic mass is 16.5. The lowest BCUT2D eigenvalue weighted by molar-refractivity contribution is 0.102. The SMILES string of the molecule is CCOc1ccc(C(=O)Nc2ccc(-n3cnnc3)nc2)cc1. The van der Waals surface area contributed by atoms with E-state index in [9.17, 15) is 4.79 Å². The van der Waals surface area contributed by atoms with Crippen LogP contribution >= 0.6 is 0 Å². The maximum absolute atomic E-state index is 12.2. The molecule has 0 radical (unpaired) electrons. The number of nitrogens with one attached hydrogen (secondary N) is 1. The second-order valence-corrected chi connectivity index (χ2v) is 4.69. The van der Waals surface area contributed by atoms with E-state index in [0.717, 1.165) is 5.75 Å². The van der Waals surface area contributed by atoms with Crippen molar-refractivity contribution in [2.45, 2.75) is 6.92 Å². The molecule has 0 spiro atoms. The molecule has 0 unspecified atom stereocenters. The van der Waals surface area contributed by atoms with E-state index in [0.29, 0.717) is 23.7 Å². The first kappa shape index (κ1) is 14.7. The van der Waals surface area contributed by atoms with Crippen molar-refractivity contribution in [3.05, 3.63) is 60.8 Å². The smallest absolute Gasteiger partial charge is 0.255 e. The largest absolute Gasteiger partial charge is 0.494 e. The summed E-state index contributed by atoms with van der Waals surface area (Å²) in [5.41, 5.74) is 1.16. The number of ether oxygens (including phenoxy) is 1. The van der Waals surface area contributed by atoms with Gasteiger partial charge >= 0.3 is 0 Å². The third-order valence-corrected chi connectivity index (χ3v) is 3.12. The van der Waals surface area contributed by atoms with Crippen LogP contribution in [-0.2, 0) is 0 Å². The van der Waals surface area contributed by atoms with Crippen LogP contribution in [0.3, 0.4) is 0 Å². The summed E-state index contributed by atoms with van der Waals surface area (Å²) in [6.45, 7) is 2.51. The molecule has 7 heteroatoms. The van der Waals surface area contributed by atoms with Crippen LogP contribution in [0.1, 0.15) is 17.3 Å². The summed E-state index contributed by atoms with van der Waals surface area (Å²) in [5.74, 6) is 1.21. The molecule has 0 bridgehead atoms. The van der Waals surface area contributed by atoms with Crippen molar-refractivity contribution in [1.82, 2.24) is 19.7 Å². The highest BCUT2D eigenvalue weighted by Gasteiger charge is 2.07. The summed E-state index contributed by atoms with van der Waals surface area (Å²) in [5, 5.41) is 10.2. The lowest BCUT2D eigenvalue weighted by Crippen LogP contribution is -2.12. The van der Waals surface area contributed by atoms with Crippen molar-refractivity contribution in [1.29, 1.82) is 0 Å². The average molecular weight is 309 g/mol. The van der Waals surface area contributed by atoms with Gasteiger partial charge in [0.15, 0.2) is 0 Å². The van der Waals surface area contributed by atoms with Crippen LogP contribution in [0.15, 0.2) is 55.2 Å². The van der Waals surface area contributed by atoms with Gasteiger partial charge in [0.1, 0.15) is 24.2 Å². The van der Waals surface area contributed by atoms with Gasteiger partial charge in [-0.3, -0.25) is 9.36 Å². The number of carbonyl (C=O) groups excluding carboxylic acids is 1. The van der Waals surface area contributed by atoms with Crippen molar-refractivity contribution in [3.63, 3.8) is 0 Å². The van der Waals surface area contributed by atoms with Crippen molar-refractivity contribution >= 4 is 11.6 Å². The standard InChI is InChI=1S/C16H15N5O2/c1-2-23-14-6-3-12(4-7-14)16(22)20-13-5-8-15(17-9-13)21-10-18-19-11-21/h3-11H,2H2,1H3,(H,20,22). The molecule has 1 aromatic carbocycles. The van der Waals surface area contributed by atoms with Crippen molar-refractivity contribution in [2.75, 3.05) is 11.9 Å². The number of aromatic nitrogens is 4. The Labute approximate surface area is 133 Å². The molecule has 1 amide bonds. The first-order valence-electron chi connectivity index (χ1n) is 7.11. The molecule has 3 aromatic rings. The van der Waals surface area contributed by atoms with E-state index in [1.807, 2.05) is 6.92 Å². The number of benzene rings is 1. The van der Waals surface area contributed by atoms with Gasteiger partial charge in [-0.05, 0) is 43.3 Å². The van der Waals surface area contributed by atoms with Gasteiger partial charge in [-0.1, -0.05) is 0 Å². The fourth-order valence-corrected chi connectivity index (χ4v) is 2.00.